The number of unbranched alkanes of at least 4 members (excludes halogenated alkanes) is 1. The summed E-state index contributed by atoms with van der Waals surface area (Å²) in [4.78, 5) is 29.9. The van der Waals surface area contributed by atoms with Gasteiger partial charge in [-0.05, 0) is 72.6 Å². The Labute approximate surface area is 162 Å². The Morgan fingerprint density at radius 2 is 1.41 bits per heavy atom. The van der Waals surface area contributed by atoms with Gasteiger partial charge in [-0.2, -0.15) is 0 Å². The highest BCUT2D eigenvalue weighted by Crippen LogP contribution is 2.53. The number of allylic oxidation sites excluding steroid dienone is 6. The van der Waals surface area contributed by atoms with Gasteiger partial charge in [0, 0.05) is 0 Å². The zero-order valence-corrected chi connectivity index (χ0v) is 17.8. The molecule has 4 N–H and O–H groups in total. The first kappa shape index (κ1) is 25.8. The summed E-state index contributed by atoms with van der Waals surface area (Å²) in [5.41, 5.74) is 3.84. The van der Waals surface area contributed by atoms with Crippen LogP contribution >= 0.6 is 7.60 Å². The van der Waals surface area contributed by atoms with Crippen LogP contribution in [0.1, 0.15) is 72.6 Å². The molecule has 27 heavy (non-hydrogen) atoms. The monoisotopic (exact) mass is 402 g/mol. The van der Waals surface area contributed by atoms with Crippen molar-refractivity contribution in [2.45, 2.75) is 77.8 Å². The van der Waals surface area contributed by atoms with E-state index in [0.29, 0.717) is 6.42 Å². The molecule has 0 fully saturated rings. The molecular formula is C20H35O6P. The summed E-state index contributed by atoms with van der Waals surface area (Å²) in [6, 6.07) is 0. The Morgan fingerprint density at radius 1 is 0.926 bits per heavy atom. The van der Waals surface area contributed by atoms with Gasteiger partial charge in [-0.1, -0.05) is 34.9 Å². The van der Waals surface area contributed by atoms with Crippen molar-refractivity contribution in [3.8, 4) is 0 Å². The number of hydrogen-bond acceptors (Lipinski definition) is 3. The van der Waals surface area contributed by atoms with E-state index in [4.69, 9.17) is 5.11 Å². The molecule has 0 aliphatic rings. The van der Waals surface area contributed by atoms with E-state index in [0.717, 1.165) is 31.3 Å². The van der Waals surface area contributed by atoms with Crippen LogP contribution in [0.25, 0.3) is 0 Å². The number of carbonyl (C=O) groups is 1. The third-order valence-corrected chi connectivity index (χ3v) is 6.30. The topological polar surface area (TPSA) is 115 Å². The van der Waals surface area contributed by atoms with E-state index >= 15 is 0 Å². The number of aliphatic hydroxyl groups excluding tert-OH is 1. The molecule has 0 radical (unpaired) electrons. The molecule has 1 atom stereocenters. The van der Waals surface area contributed by atoms with Crippen molar-refractivity contribution in [2.75, 3.05) is 6.61 Å². The summed E-state index contributed by atoms with van der Waals surface area (Å²) in [5, 5.41) is 16.0. The Kier molecular flexibility index (Phi) is 11.7. The van der Waals surface area contributed by atoms with Gasteiger partial charge in [-0.15, -0.1) is 0 Å². The van der Waals surface area contributed by atoms with E-state index in [1.165, 1.54) is 11.1 Å². The van der Waals surface area contributed by atoms with Crippen molar-refractivity contribution >= 4 is 13.6 Å². The molecule has 0 saturated carbocycles. The molecule has 0 rings (SSSR count). The maximum absolute atomic E-state index is 11.5. The molecular weight excluding hydrogens is 367 g/mol. The Bertz CT molecular complexity index is 610. The highest BCUT2D eigenvalue weighted by molar-refractivity contribution is 7.54. The van der Waals surface area contributed by atoms with Gasteiger partial charge in [0.1, 0.15) is 0 Å². The molecule has 156 valence electrons. The van der Waals surface area contributed by atoms with E-state index in [1.54, 1.807) is 0 Å². The second-order valence-electron chi connectivity index (χ2n) is 7.39. The number of rotatable bonds is 13. The first-order valence-corrected chi connectivity index (χ1v) is 10.9. The number of carboxylic acid groups (broad SMARTS) is 1. The number of carboxylic acids is 1. The largest absolute Gasteiger partial charge is 0.480 e. The zero-order valence-electron chi connectivity index (χ0n) is 16.9. The summed E-state index contributed by atoms with van der Waals surface area (Å²) in [7, 11) is -4.95. The van der Waals surface area contributed by atoms with Crippen LogP contribution in [0.5, 0.6) is 0 Å². The van der Waals surface area contributed by atoms with E-state index in [1.807, 2.05) is 13.0 Å². The molecule has 0 bridgehead atoms. The standard InChI is InChI=1S/C20H35O6P/c1-16(2)9-7-11-18(4)13-8-12-17(3)10-5-6-14-20(15-21,19(22)23)27(24,25)26/h9-10,13,21H,5-8,11-12,14-15H2,1-4H3,(H,22,23)(H2,24,25,26). The average Bonchev–Trinajstić information content (AvgIpc) is 2.53. The van der Waals surface area contributed by atoms with Crippen LogP contribution in [-0.4, -0.2) is 37.7 Å². The lowest BCUT2D eigenvalue weighted by molar-refractivity contribution is -0.142. The lowest BCUT2D eigenvalue weighted by Crippen LogP contribution is -2.42. The quantitative estimate of drug-likeness (QED) is 0.204. The van der Waals surface area contributed by atoms with Crippen molar-refractivity contribution in [3.63, 3.8) is 0 Å². The molecule has 0 aromatic rings. The first-order chi connectivity index (χ1) is 12.5. The Morgan fingerprint density at radius 3 is 1.81 bits per heavy atom. The van der Waals surface area contributed by atoms with Gasteiger partial charge in [0.15, 0.2) is 5.16 Å². The fourth-order valence-corrected chi connectivity index (χ4v) is 3.58. The normalized spacial score (nSPS) is 15.4. The Balaban J connectivity index is 4.45. The van der Waals surface area contributed by atoms with E-state index in [9.17, 15) is 24.3 Å². The van der Waals surface area contributed by atoms with Crippen LogP contribution < -0.4 is 0 Å². The van der Waals surface area contributed by atoms with Crippen molar-refractivity contribution in [1.29, 1.82) is 0 Å². The van der Waals surface area contributed by atoms with Crippen molar-refractivity contribution < 1.29 is 29.4 Å². The summed E-state index contributed by atoms with van der Waals surface area (Å²) >= 11 is 0. The van der Waals surface area contributed by atoms with Gasteiger partial charge in [0.2, 0.25) is 0 Å². The number of aliphatic carboxylic acids is 1. The minimum atomic E-state index is -4.95. The molecule has 1 unspecified atom stereocenters. The third kappa shape index (κ3) is 9.52. The maximum Gasteiger partial charge on any atom is 0.345 e. The fraction of sp³-hybridized carbons (Fsp3) is 0.650. The minimum absolute atomic E-state index is 0.268. The van der Waals surface area contributed by atoms with E-state index in [2.05, 4.69) is 32.9 Å². The molecule has 0 amide bonds. The smallest absolute Gasteiger partial charge is 0.345 e. The van der Waals surface area contributed by atoms with Crippen LogP contribution in [0.3, 0.4) is 0 Å². The SMILES string of the molecule is CC(C)=CCCC(C)=CCCC(C)=CCCCC(CO)(C(=O)O)P(=O)(O)O. The predicted molar refractivity (Wildman–Crippen MR) is 109 cm³/mol. The Hall–Kier alpha value is -1.20. The third-order valence-electron chi connectivity index (χ3n) is 4.63. The summed E-state index contributed by atoms with van der Waals surface area (Å²) in [6.07, 6.45) is 10.9. The average molecular weight is 402 g/mol. The molecule has 0 aromatic carbocycles. The second kappa shape index (κ2) is 12.3. The predicted octanol–water partition coefficient (Wildman–Crippen LogP) is 4.57. The van der Waals surface area contributed by atoms with Crippen LogP contribution in [-0.2, 0) is 9.36 Å². The van der Waals surface area contributed by atoms with Crippen molar-refractivity contribution in [2.24, 2.45) is 0 Å². The molecule has 0 heterocycles. The molecule has 6 nitrogen and oxygen atoms in total. The summed E-state index contributed by atoms with van der Waals surface area (Å²) in [6.45, 7) is 7.22. The van der Waals surface area contributed by atoms with Crippen LogP contribution in [0.2, 0.25) is 0 Å². The van der Waals surface area contributed by atoms with Gasteiger partial charge < -0.3 is 20.0 Å². The molecule has 0 aliphatic heterocycles. The minimum Gasteiger partial charge on any atom is -0.480 e. The van der Waals surface area contributed by atoms with Crippen molar-refractivity contribution in [1.82, 2.24) is 0 Å². The van der Waals surface area contributed by atoms with Crippen molar-refractivity contribution in [3.05, 3.63) is 34.9 Å². The van der Waals surface area contributed by atoms with Gasteiger partial charge in [-0.25, -0.2) is 0 Å². The van der Waals surface area contributed by atoms with E-state index < -0.39 is 25.3 Å². The maximum atomic E-state index is 11.5. The van der Waals surface area contributed by atoms with Crippen LogP contribution in [0, 0.1) is 0 Å². The molecule has 0 spiro atoms. The summed E-state index contributed by atoms with van der Waals surface area (Å²) in [5.74, 6) is -1.66. The highest BCUT2D eigenvalue weighted by atomic mass is 31.2. The van der Waals surface area contributed by atoms with E-state index in [-0.39, 0.29) is 12.8 Å². The second-order valence-corrected chi connectivity index (χ2v) is 9.34. The molecule has 0 aromatic heterocycles. The summed E-state index contributed by atoms with van der Waals surface area (Å²) < 4.78 is 11.5. The number of hydrogen-bond donors (Lipinski definition) is 4. The number of aliphatic hydroxyl groups is 1. The lowest BCUT2D eigenvalue weighted by atomic mass is 10.0. The molecule has 0 saturated heterocycles. The van der Waals surface area contributed by atoms with Crippen LogP contribution in [0.15, 0.2) is 34.9 Å². The molecule has 7 heteroatoms. The molecule has 0 aliphatic carbocycles. The van der Waals surface area contributed by atoms with Gasteiger partial charge in [-0.3, -0.25) is 9.36 Å². The van der Waals surface area contributed by atoms with Gasteiger partial charge in [0.25, 0.3) is 0 Å². The lowest BCUT2D eigenvalue weighted by Gasteiger charge is -2.27. The van der Waals surface area contributed by atoms with Crippen LogP contribution in [0.4, 0.5) is 0 Å². The fourth-order valence-electron chi connectivity index (χ4n) is 2.70. The van der Waals surface area contributed by atoms with Gasteiger partial charge >= 0.3 is 13.6 Å². The zero-order chi connectivity index (χ0) is 21.1. The van der Waals surface area contributed by atoms with Gasteiger partial charge in [0.05, 0.1) is 6.61 Å². The first-order valence-electron chi connectivity index (χ1n) is 9.31. The highest BCUT2D eigenvalue weighted by Gasteiger charge is 2.53.